The molecule has 0 atom stereocenters. The topological polar surface area (TPSA) is 63.6 Å². The summed E-state index contributed by atoms with van der Waals surface area (Å²) in [5, 5.41) is 9.12. The average Bonchev–Trinajstić information content (AvgIpc) is 3.23. The SMILES string of the molecule is Cc1cc(COC=O)c(-c2ccc(-c3sc(C)cc3CC(=O)O)s2)s1. The Kier molecular flexibility index (Phi) is 5.36. The van der Waals surface area contributed by atoms with Crippen molar-refractivity contribution in [3.63, 3.8) is 0 Å². The van der Waals surface area contributed by atoms with Crippen LogP contribution < -0.4 is 0 Å². The van der Waals surface area contributed by atoms with Crippen LogP contribution in [0.3, 0.4) is 0 Å². The molecule has 0 aliphatic heterocycles. The molecule has 0 fully saturated rings. The minimum absolute atomic E-state index is 0.0312. The summed E-state index contributed by atoms with van der Waals surface area (Å²) in [6.45, 7) is 4.74. The van der Waals surface area contributed by atoms with Crippen molar-refractivity contribution in [1.82, 2.24) is 0 Å². The van der Waals surface area contributed by atoms with Gasteiger partial charge in [0.25, 0.3) is 6.47 Å². The molecule has 130 valence electrons. The predicted molar refractivity (Wildman–Crippen MR) is 103 cm³/mol. The summed E-state index contributed by atoms with van der Waals surface area (Å²) in [4.78, 5) is 28.1. The fourth-order valence-electron chi connectivity index (χ4n) is 2.66. The van der Waals surface area contributed by atoms with Gasteiger partial charge in [0.2, 0.25) is 0 Å². The molecule has 3 aromatic rings. The van der Waals surface area contributed by atoms with Crippen LogP contribution in [-0.4, -0.2) is 17.5 Å². The van der Waals surface area contributed by atoms with Gasteiger partial charge in [0, 0.05) is 29.9 Å². The van der Waals surface area contributed by atoms with E-state index in [2.05, 4.69) is 6.07 Å². The van der Waals surface area contributed by atoms with Crippen molar-refractivity contribution in [2.24, 2.45) is 0 Å². The van der Waals surface area contributed by atoms with Crippen LogP contribution in [0.1, 0.15) is 20.9 Å². The Bertz CT molecular complexity index is 917. The minimum atomic E-state index is -0.821. The molecule has 0 aromatic carbocycles. The van der Waals surface area contributed by atoms with E-state index in [-0.39, 0.29) is 13.0 Å². The van der Waals surface area contributed by atoms with Gasteiger partial charge in [0.05, 0.1) is 11.3 Å². The molecular formula is C18H16O4S3. The Labute approximate surface area is 157 Å². The van der Waals surface area contributed by atoms with Crippen LogP contribution in [0.25, 0.3) is 19.5 Å². The molecule has 4 nitrogen and oxygen atoms in total. The number of carboxylic acid groups (broad SMARTS) is 1. The number of ether oxygens (including phenoxy) is 1. The Morgan fingerprint density at radius 2 is 1.60 bits per heavy atom. The molecule has 0 bridgehead atoms. The van der Waals surface area contributed by atoms with E-state index in [1.807, 2.05) is 32.0 Å². The standard InChI is InChI=1S/C18H16O4S3/c1-10-5-12(7-16(20)21)17(23-10)14-3-4-15(25-14)18-13(8-22-9-19)6-11(2)24-18/h3-6,9H,7-8H2,1-2H3,(H,20,21). The van der Waals surface area contributed by atoms with E-state index < -0.39 is 5.97 Å². The van der Waals surface area contributed by atoms with Gasteiger partial charge in [-0.3, -0.25) is 9.59 Å². The summed E-state index contributed by atoms with van der Waals surface area (Å²) in [5.41, 5.74) is 1.85. The highest BCUT2D eigenvalue weighted by molar-refractivity contribution is 7.26. The third-order valence-corrected chi connectivity index (χ3v) is 7.20. The lowest BCUT2D eigenvalue weighted by atomic mass is 10.1. The van der Waals surface area contributed by atoms with Crippen LogP contribution in [0.15, 0.2) is 24.3 Å². The van der Waals surface area contributed by atoms with Crippen molar-refractivity contribution in [2.75, 3.05) is 0 Å². The van der Waals surface area contributed by atoms with Gasteiger partial charge in [-0.25, -0.2) is 0 Å². The molecule has 0 spiro atoms. The summed E-state index contributed by atoms with van der Waals surface area (Å²) >= 11 is 4.93. The Morgan fingerprint density at radius 1 is 1.04 bits per heavy atom. The maximum Gasteiger partial charge on any atom is 0.307 e. The predicted octanol–water partition coefficient (Wildman–Crippen LogP) is 5.12. The third kappa shape index (κ3) is 4.00. The molecule has 0 aliphatic carbocycles. The number of carbonyl (C=O) groups excluding carboxylic acids is 1. The second-order valence-electron chi connectivity index (χ2n) is 5.56. The molecule has 7 heteroatoms. The van der Waals surface area contributed by atoms with E-state index in [1.165, 1.54) is 0 Å². The summed E-state index contributed by atoms with van der Waals surface area (Å²) in [7, 11) is 0. The molecule has 0 unspecified atom stereocenters. The molecule has 0 saturated heterocycles. The van der Waals surface area contributed by atoms with Crippen molar-refractivity contribution >= 4 is 46.5 Å². The number of carbonyl (C=O) groups is 2. The summed E-state index contributed by atoms with van der Waals surface area (Å²) in [6, 6.07) is 8.07. The first-order valence-electron chi connectivity index (χ1n) is 7.54. The van der Waals surface area contributed by atoms with Crippen molar-refractivity contribution in [3.8, 4) is 19.5 Å². The monoisotopic (exact) mass is 392 g/mol. The van der Waals surface area contributed by atoms with E-state index >= 15 is 0 Å². The number of aryl methyl sites for hydroxylation is 2. The number of rotatable bonds is 7. The fourth-order valence-corrected chi connectivity index (χ4v) is 6.01. The zero-order valence-electron chi connectivity index (χ0n) is 13.7. The van der Waals surface area contributed by atoms with Gasteiger partial charge >= 0.3 is 5.97 Å². The maximum absolute atomic E-state index is 11.1. The Hall–Kier alpha value is -1.96. The second kappa shape index (κ2) is 7.51. The van der Waals surface area contributed by atoms with Gasteiger partial charge < -0.3 is 9.84 Å². The summed E-state index contributed by atoms with van der Waals surface area (Å²) in [5.74, 6) is -0.821. The van der Waals surface area contributed by atoms with E-state index in [4.69, 9.17) is 9.84 Å². The van der Waals surface area contributed by atoms with Gasteiger partial charge in [-0.1, -0.05) is 0 Å². The Balaban J connectivity index is 1.96. The Morgan fingerprint density at radius 3 is 2.16 bits per heavy atom. The van der Waals surface area contributed by atoms with Crippen LogP contribution in [0, 0.1) is 13.8 Å². The highest BCUT2D eigenvalue weighted by atomic mass is 32.1. The number of thiophene rings is 3. The van der Waals surface area contributed by atoms with Gasteiger partial charge in [-0.05, 0) is 43.7 Å². The maximum atomic E-state index is 11.1. The van der Waals surface area contributed by atoms with Crippen LogP contribution in [0.4, 0.5) is 0 Å². The molecule has 3 aromatic heterocycles. The first kappa shape index (κ1) is 17.8. The average molecular weight is 393 g/mol. The van der Waals surface area contributed by atoms with Crippen molar-refractivity contribution < 1.29 is 19.4 Å². The minimum Gasteiger partial charge on any atom is -0.481 e. The zero-order chi connectivity index (χ0) is 18.0. The lowest BCUT2D eigenvalue weighted by Crippen LogP contribution is -1.99. The molecule has 3 rings (SSSR count). The van der Waals surface area contributed by atoms with E-state index in [1.54, 1.807) is 34.0 Å². The molecule has 0 radical (unpaired) electrons. The van der Waals surface area contributed by atoms with E-state index in [0.29, 0.717) is 6.47 Å². The van der Waals surface area contributed by atoms with E-state index in [9.17, 15) is 9.59 Å². The van der Waals surface area contributed by atoms with Crippen molar-refractivity contribution in [1.29, 1.82) is 0 Å². The highest BCUT2D eigenvalue weighted by Gasteiger charge is 2.17. The van der Waals surface area contributed by atoms with Gasteiger partial charge in [0.15, 0.2) is 0 Å². The van der Waals surface area contributed by atoms with Gasteiger partial charge in [0.1, 0.15) is 6.61 Å². The quantitative estimate of drug-likeness (QED) is 0.567. The smallest absolute Gasteiger partial charge is 0.307 e. The lowest BCUT2D eigenvalue weighted by molar-refractivity contribution is -0.136. The third-order valence-electron chi connectivity index (χ3n) is 3.57. The lowest BCUT2D eigenvalue weighted by Gasteiger charge is -2.00. The molecular weight excluding hydrogens is 376 g/mol. The molecule has 3 heterocycles. The highest BCUT2D eigenvalue weighted by Crippen LogP contribution is 2.43. The first-order chi connectivity index (χ1) is 12.0. The molecule has 0 amide bonds. The van der Waals surface area contributed by atoms with Crippen LogP contribution in [0.5, 0.6) is 0 Å². The molecule has 1 N–H and O–H groups in total. The van der Waals surface area contributed by atoms with Gasteiger partial charge in [-0.2, -0.15) is 0 Å². The zero-order valence-corrected chi connectivity index (χ0v) is 16.1. The molecule has 0 aliphatic rings. The number of carboxylic acids is 1. The number of hydrogen-bond donors (Lipinski definition) is 1. The fraction of sp³-hybridized carbons (Fsp3) is 0.222. The van der Waals surface area contributed by atoms with Crippen LogP contribution >= 0.6 is 34.0 Å². The van der Waals surface area contributed by atoms with Crippen LogP contribution in [-0.2, 0) is 27.4 Å². The number of aliphatic carboxylic acids is 1. The molecule has 0 saturated carbocycles. The summed E-state index contributed by atoms with van der Waals surface area (Å²) < 4.78 is 4.92. The van der Waals surface area contributed by atoms with Crippen LogP contribution in [0.2, 0.25) is 0 Å². The van der Waals surface area contributed by atoms with Crippen molar-refractivity contribution in [2.45, 2.75) is 26.9 Å². The second-order valence-corrected chi connectivity index (χ2v) is 9.16. The normalized spacial score (nSPS) is 10.8. The van der Waals surface area contributed by atoms with E-state index in [0.717, 1.165) is 40.4 Å². The summed E-state index contributed by atoms with van der Waals surface area (Å²) in [6.07, 6.45) is 0.0312. The number of hydrogen-bond acceptors (Lipinski definition) is 6. The first-order valence-corrected chi connectivity index (χ1v) is 9.99. The van der Waals surface area contributed by atoms with Gasteiger partial charge in [-0.15, -0.1) is 34.0 Å². The van der Waals surface area contributed by atoms with Crippen molar-refractivity contribution in [3.05, 3.63) is 45.1 Å². The molecule has 25 heavy (non-hydrogen) atoms. The largest absolute Gasteiger partial charge is 0.481 e.